The molecule has 0 aromatic rings. The van der Waals surface area contributed by atoms with Gasteiger partial charge in [-0.2, -0.15) is 0 Å². The van der Waals surface area contributed by atoms with Crippen molar-refractivity contribution in [1.29, 1.82) is 0 Å². The number of guanidine groups is 1. The molecular weight excluding hydrogens is 449 g/mol. The van der Waals surface area contributed by atoms with Gasteiger partial charge in [0, 0.05) is 19.6 Å². The zero-order chi connectivity index (χ0) is 18.0. The zero-order valence-electron chi connectivity index (χ0n) is 16.0. The Balaban J connectivity index is 0.00000312. The second-order valence-electron chi connectivity index (χ2n) is 8.60. The Kier molecular flexibility index (Phi) is 8.24. The third-order valence-corrected chi connectivity index (χ3v) is 6.56. The molecule has 2 unspecified atom stereocenters. The molecular formula is C18H34IN3O2S. The minimum absolute atomic E-state index is 0. The third kappa shape index (κ3) is 7.45. The second-order valence-corrected chi connectivity index (χ2v) is 10.8. The summed E-state index contributed by atoms with van der Waals surface area (Å²) in [6, 6.07) is 0. The van der Waals surface area contributed by atoms with Gasteiger partial charge in [0.1, 0.15) is 0 Å². The van der Waals surface area contributed by atoms with Crippen molar-refractivity contribution in [1.82, 2.24) is 10.2 Å². The van der Waals surface area contributed by atoms with E-state index in [1.165, 1.54) is 6.42 Å². The lowest BCUT2D eigenvalue weighted by Crippen LogP contribution is -2.52. The summed E-state index contributed by atoms with van der Waals surface area (Å²) in [5, 5.41) is 3.45. The number of sulfone groups is 1. The van der Waals surface area contributed by atoms with E-state index in [0.717, 1.165) is 31.0 Å². The zero-order valence-corrected chi connectivity index (χ0v) is 19.2. The number of hydrogen-bond donors (Lipinski definition) is 1. The highest BCUT2D eigenvalue weighted by Crippen LogP contribution is 2.32. The summed E-state index contributed by atoms with van der Waals surface area (Å²) in [6.07, 6.45) is 1.98. The van der Waals surface area contributed by atoms with Crippen molar-refractivity contribution < 1.29 is 8.42 Å². The van der Waals surface area contributed by atoms with Gasteiger partial charge in [0.25, 0.3) is 0 Å². The van der Waals surface area contributed by atoms with Gasteiger partial charge in [0.15, 0.2) is 15.8 Å². The minimum atomic E-state index is -2.83. The Hall–Kier alpha value is -0.310. The molecule has 146 valence electrons. The standard InChI is InChI=1S/C18H33N3O2S.HI/c1-14(2)9-19-17(20-10-16-6-7-24(22,23)12-16)21-11-15(3)8-18(4,5)13-21;/h15-16H,1,6-13H2,2-5H3,(H,19,20);1H. The first kappa shape index (κ1) is 22.7. The molecule has 0 aromatic carbocycles. The molecule has 7 heteroatoms. The maximum absolute atomic E-state index is 11.7. The Morgan fingerprint density at radius 1 is 1.40 bits per heavy atom. The third-order valence-electron chi connectivity index (χ3n) is 4.73. The van der Waals surface area contributed by atoms with E-state index in [0.29, 0.717) is 30.5 Å². The lowest BCUT2D eigenvalue weighted by molar-refractivity contribution is 0.129. The summed E-state index contributed by atoms with van der Waals surface area (Å²) in [4.78, 5) is 7.06. The molecule has 5 nitrogen and oxygen atoms in total. The molecule has 2 aliphatic heterocycles. The van der Waals surface area contributed by atoms with E-state index in [2.05, 4.69) is 37.6 Å². The van der Waals surface area contributed by atoms with E-state index in [-0.39, 0.29) is 35.3 Å². The summed E-state index contributed by atoms with van der Waals surface area (Å²) in [5.41, 5.74) is 1.29. The van der Waals surface area contributed by atoms with Crippen LogP contribution in [0.4, 0.5) is 0 Å². The predicted molar refractivity (Wildman–Crippen MR) is 116 cm³/mol. The van der Waals surface area contributed by atoms with Gasteiger partial charge in [-0.25, -0.2) is 13.4 Å². The van der Waals surface area contributed by atoms with E-state index in [9.17, 15) is 8.42 Å². The Morgan fingerprint density at radius 3 is 2.60 bits per heavy atom. The molecule has 2 atom stereocenters. The smallest absolute Gasteiger partial charge is 0.194 e. The van der Waals surface area contributed by atoms with Crippen molar-refractivity contribution in [2.24, 2.45) is 22.2 Å². The number of halogens is 1. The van der Waals surface area contributed by atoms with Gasteiger partial charge < -0.3 is 10.2 Å². The van der Waals surface area contributed by atoms with Crippen molar-refractivity contribution >= 4 is 39.8 Å². The number of rotatable bonds is 4. The molecule has 0 spiro atoms. The van der Waals surface area contributed by atoms with Crippen LogP contribution in [0.15, 0.2) is 17.1 Å². The summed E-state index contributed by atoms with van der Waals surface area (Å²) in [5.74, 6) is 2.35. The van der Waals surface area contributed by atoms with Crippen LogP contribution >= 0.6 is 24.0 Å². The van der Waals surface area contributed by atoms with E-state index >= 15 is 0 Å². The molecule has 25 heavy (non-hydrogen) atoms. The van der Waals surface area contributed by atoms with Crippen LogP contribution in [-0.4, -0.2) is 57.0 Å². The van der Waals surface area contributed by atoms with Gasteiger partial charge in [-0.1, -0.05) is 32.9 Å². The number of hydrogen-bond acceptors (Lipinski definition) is 3. The fourth-order valence-electron chi connectivity index (χ4n) is 3.94. The lowest BCUT2D eigenvalue weighted by Gasteiger charge is -2.43. The molecule has 2 rings (SSSR count). The van der Waals surface area contributed by atoms with E-state index in [4.69, 9.17) is 4.99 Å². The first-order valence-corrected chi connectivity index (χ1v) is 10.8. The number of aliphatic imine (C=N–C) groups is 1. The maximum Gasteiger partial charge on any atom is 0.194 e. The second kappa shape index (κ2) is 9.06. The van der Waals surface area contributed by atoms with Gasteiger partial charge in [-0.15, -0.1) is 24.0 Å². The summed E-state index contributed by atoms with van der Waals surface area (Å²) in [6.45, 7) is 16.1. The lowest BCUT2D eigenvalue weighted by atomic mass is 9.79. The molecule has 0 bridgehead atoms. The molecule has 0 amide bonds. The number of nitrogens with zero attached hydrogens (tertiary/aromatic N) is 2. The average Bonchev–Trinajstić information content (AvgIpc) is 2.75. The van der Waals surface area contributed by atoms with Crippen LogP contribution in [0.5, 0.6) is 0 Å². The fourth-order valence-corrected chi connectivity index (χ4v) is 5.80. The molecule has 2 saturated heterocycles. The highest BCUT2D eigenvalue weighted by atomic mass is 127. The van der Waals surface area contributed by atoms with Gasteiger partial charge >= 0.3 is 0 Å². The number of nitrogens with one attached hydrogen (secondary N) is 1. The molecule has 1 N–H and O–H groups in total. The topological polar surface area (TPSA) is 61.8 Å². The van der Waals surface area contributed by atoms with Crippen LogP contribution in [0.1, 0.15) is 40.5 Å². The monoisotopic (exact) mass is 483 g/mol. The van der Waals surface area contributed by atoms with Crippen LogP contribution in [-0.2, 0) is 9.84 Å². The SMILES string of the molecule is C=C(C)CN=C(NCC1CCS(=O)(=O)C1)N1CC(C)CC(C)(C)C1.I. The minimum Gasteiger partial charge on any atom is -0.356 e. The van der Waals surface area contributed by atoms with Crippen LogP contribution < -0.4 is 5.32 Å². The van der Waals surface area contributed by atoms with Crippen molar-refractivity contribution in [2.45, 2.75) is 40.5 Å². The van der Waals surface area contributed by atoms with Crippen molar-refractivity contribution in [3.8, 4) is 0 Å². The summed E-state index contributed by atoms with van der Waals surface area (Å²) in [7, 11) is -2.83. The van der Waals surface area contributed by atoms with Gasteiger partial charge in [-0.05, 0) is 37.0 Å². The van der Waals surface area contributed by atoms with Crippen molar-refractivity contribution in [3.05, 3.63) is 12.2 Å². The quantitative estimate of drug-likeness (QED) is 0.289. The normalized spacial score (nSPS) is 28.3. The van der Waals surface area contributed by atoms with Gasteiger partial charge in [0.05, 0.1) is 18.1 Å². The van der Waals surface area contributed by atoms with Crippen LogP contribution in [0, 0.1) is 17.3 Å². The molecule has 0 aromatic heterocycles. The Bertz CT molecular complexity index is 601. The summed E-state index contributed by atoms with van der Waals surface area (Å²) < 4.78 is 23.3. The van der Waals surface area contributed by atoms with Gasteiger partial charge in [0.2, 0.25) is 0 Å². The van der Waals surface area contributed by atoms with Crippen LogP contribution in [0.3, 0.4) is 0 Å². The maximum atomic E-state index is 11.7. The molecule has 0 radical (unpaired) electrons. The molecule has 2 heterocycles. The van der Waals surface area contributed by atoms with Crippen LogP contribution in [0.25, 0.3) is 0 Å². The fraction of sp³-hybridized carbons (Fsp3) is 0.833. The predicted octanol–water partition coefficient (Wildman–Crippen LogP) is 2.93. The number of likely N-dealkylation sites (tertiary alicyclic amines) is 1. The Morgan fingerprint density at radius 2 is 2.08 bits per heavy atom. The molecule has 0 saturated carbocycles. The van der Waals surface area contributed by atoms with Crippen molar-refractivity contribution in [2.75, 3.05) is 37.7 Å². The van der Waals surface area contributed by atoms with E-state index in [1.807, 2.05) is 6.92 Å². The summed E-state index contributed by atoms with van der Waals surface area (Å²) >= 11 is 0. The first-order chi connectivity index (χ1) is 11.1. The molecule has 2 aliphatic rings. The van der Waals surface area contributed by atoms with Gasteiger partial charge in [-0.3, -0.25) is 0 Å². The highest BCUT2D eigenvalue weighted by molar-refractivity contribution is 14.0. The first-order valence-electron chi connectivity index (χ1n) is 8.94. The highest BCUT2D eigenvalue weighted by Gasteiger charge is 2.33. The van der Waals surface area contributed by atoms with Crippen molar-refractivity contribution in [3.63, 3.8) is 0 Å². The molecule has 2 fully saturated rings. The van der Waals surface area contributed by atoms with E-state index in [1.54, 1.807) is 0 Å². The average molecular weight is 483 g/mol. The number of piperidine rings is 1. The van der Waals surface area contributed by atoms with Crippen LogP contribution in [0.2, 0.25) is 0 Å². The largest absolute Gasteiger partial charge is 0.356 e. The molecule has 0 aliphatic carbocycles. The Labute approximate surface area is 170 Å². The van der Waals surface area contributed by atoms with E-state index < -0.39 is 9.84 Å².